The lowest BCUT2D eigenvalue weighted by atomic mass is 9.78. The monoisotopic (exact) mass is 272 g/mol. The van der Waals surface area contributed by atoms with Gasteiger partial charge < -0.3 is 4.74 Å². The molecule has 1 aliphatic rings. The van der Waals surface area contributed by atoms with E-state index in [9.17, 15) is 18.0 Å². The highest BCUT2D eigenvalue weighted by molar-refractivity contribution is 5.96. The normalized spacial score (nSPS) is 22.1. The molecule has 0 atom stereocenters. The third-order valence-corrected chi connectivity index (χ3v) is 3.35. The summed E-state index contributed by atoms with van der Waals surface area (Å²) in [4.78, 5) is 11.8. The Bertz CT molecular complexity index is 459. The van der Waals surface area contributed by atoms with Crippen LogP contribution in [0.3, 0.4) is 0 Å². The lowest BCUT2D eigenvalue weighted by Gasteiger charge is -2.34. The molecule has 0 saturated heterocycles. The van der Waals surface area contributed by atoms with E-state index in [0.717, 1.165) is 12.8 Å². The van der Waals surface area contributed by atoms with Gasteiger partial charge in [0, 0.05) is 25.2 Å². The fraction of sp³-hybridized carbons (Fsp3) is 0.500. The number of ketones is 1. The van der Waals surface area contributed by atoms with Gasteiger partial charge in [-0.25, -0.2) is 13.2 Å². The van der Waals surface area contributed by atoms with E-state index < -0.39 is 28.8 Å². The molecule has 5 heteroatoms. The minimum absolute atomic E-state index is 0.0725. The molecular formula is C14H15F3O2. The first-order valence-corrected chi connectivity index (χ1v) is 6.30. The van der Waals surface area contributed by atoms with Gasteiger partial charge in [-0.3, -0.25) is 4.79 Å². The number of rotatable bonds is 5. The molecule has 0 radical (unpaired) electrons. The van der Waals surface area contributed by atoms with E-state index in [4.69, 9.17) is 4.74 Å². The van der Waals surface area contributed by atoms with Crippen molar-refractivity contribution in [2.24, 2.45) is 5.92 Å². The molecule has 0 N–H and O–H groups in total. The van der Waals surface area contributed by atoms with Crippen LogP contribution in [-0.2, 0) is 4.74 Å². The molecular weight excluding hydrogens is 257 g/mol. The molecule has 19 heavy (non-hydrogen) atoms. The Morgan fingerprint density at radius 1 is 1.26 bits per heavy atom. The summed E-state index contributed by atoms with van der Waals surface area (Å²) >= 11 is 0. The molecule has 1 saturated carbocycles. The summed E-state index contributed by atoms with van der Waals surface area (Å²) in [5.74, 6) is -3.82. The molecule has 0 bridgehead atoms. The molecule has 0 amide bonds. The first-order valence-electron chi connectivity index (χ1n) is 6.30. The number of hydrogen-bond donors (Lipinski definition) is 0. The molecule has 0 heterocycles. The lowest BCUT2D eigenvalue weighted by Crippen LogP contribution is -2.33. The number of benzene rings is 1. The molecule has 1 aromatic rings. The third kappa shape index (κ3) is 3.15. The number of hydrogen-bond acceptors (Lipinski definition) is 2. The zero-order valence-corrected chi connectivity index (χ0v) is 10.6. The quantitative estimate of drug-likeness (QED) is 0.767. The van der Waals surface area contributed by atoms with Gasteiger partial charge in [-0.2, -0.15) is 0 Å². The van der Waals surface area contributed by atoms with Crippen molar-refractivity contribution in [3.05, 3.63) is 35.1 Å². The molecule has 0 aliphatic heterocycles. The van der Waals surface area contributed by atoms with E-state index in [2.05, 4.69) is 0 Å². The minimum Gasteiger partial charge on any atom is -0.378 e. The van der Waals surface area contributed by atoms with Crippen LogP contribution in [0.25, 0.3) is 0 Å². The van der Waals surface area contributed by atoms with E-state index in [-0.39, 0.29) is 18.4 Å². The van der Waals surface area contributed by atoms with Crippen molar-refractivity contribution in [2.45, 2.75) is 32.3 Å². The second-order valence-electron chi connectivity index (χ2n) is 4.79. The van der Waals surface area contributed by atoms with Crippen LogP contribution in [-0.4, -0.2) is 18.5 Å². The van der Waals surface area contributed by atoms with Crippen molar-refractivity contribution < 1.29 is 22.7 Å². The van der Waals surface area contributed by atoms with Gasteiger partial charge >= 0.3 is 0 Å². The number of carbonyl (C=O) groups is 1. The second kappa shape index (κ2) is 5.74. The van der Waals surface area contributed by atoms with E-state index in [1.54, 1.807) is 0 Å². The maximum atomic E-state index is 13.4. The summed E-state index contributed by atoms with van der Waals surface area (Å²) in [5, 5.41) is 0. The third-order valence-electron chi connectivity index (χ3n) is 3.35. The number of Topliss-reactive ketones (excluding diaryl/α,β-unsaturated/α-hetero) is 1. The van der Waals surface area contributed by atoms with Crippen LogP contribution in [0.4, 0.5) is 13.2 Å². The van der Waals surface area contributed by atoms with Gasteiger partial charge in [0.15, 0.2) is 5.78 Å². The average Bonchev–Trinajstić information content (AvgIpc) is 2.24. The zero-order chi connectivity index (χ0) is 14.0. The Hall–Kier alpha value is -1.36. The minimum atomic E-state index is -1.14. The molecule has 1 fully saturated rings. The van der Waals surface area contributed by atoms with E-state index >= 15 is 0 Å². The van der Waals surface area contributed by atoms with Crippen LogP contribution in [0.5, 0.6) is 0 Å². The molecule has 2 nitrogen and oxygen atoms in total. The van der Waals surface area contributed by atoms with E-state index in [0.29, 0.717) is 18.7 Å². The molecule has 104 valence electrons. The number of carbonyl (C=O) groups excluding carboxylic acids is 1. The topological polar surface area (TPSA) is 26.3 Å². The van der Waals surface area contributed by atoms with Gasteiger partial charge in [0.1, 0.15) is 17.5 Å². The molecule has 0 unspecified atom stereocenters. The average molecular weight is 272 g/mol. The molecule has 2 rings (SSSR count). The molecule has 0 aromatic heterocycles. The summed E-state index contributed by atoms with van der Waals surface area (Å²) < 4.78 is 44.9. The molecule has 1 aliphatic carbocycles. The van der Waals surface area contributed by atoms with Crippen molar-refractivity contribution in [2.75, 3.05) is 6.61 Å². The summed E-state index contributed by atoms with van der Waals surface area (Å²) in [5.41, 5.74) is -0.638. The Kier molecular flexibility index (Phi) is 4.24. The van der Waals surface area contributed by atoms with Gasteiger partial charge in [0.25, 0.3) is 0 Å². The van der Waals surface area contributed by atoms with Crippen molar-refractivity contribution >= 4 is 5.78 Å². The lowest BCUT2D eigenvalue weighted by molar-refractivity contribution is -0.0246. The predicted molar refractivity (Wildman–Crippen MR) is 63.4 cm³/mol. The summed E-state index contributed by atoms with van der Waals surface area (Å²) in [6.07, 6.45) is 1.67. The SMILES string of the molecule is CCOC1CC(CC(=O)c2c(F)cc(F)cc2F)C1. The van der Waals surface area contributed by atoms with Crippen molar-refractivity contribution in [1.82, 2.24) is 0 Å². The van der Waals surface area contributed by atoms with Crippen LogP contribution in [0.2, 0.25) is 0 Å². The van der Waals surface area contributed by atoms with Crippen molar-refractivity contribution in [1.29, 1.82) is 0 Å². The highest BCUT2D eigenvalue weighted by atomic mass is 19.1. The summed E-state index contributed by atoms with van der Waals surface area (Å²) in [6.45, 7) is 2.51. The standard InChI is InChI=1S/C14H15F3O2/c1-2-19-10-3-8(4-10)5-13(18)14-11(16)6-9(15)7-12(14)17/h6-8,10H,2-5H2,1H3. The Morgan fingerprint density at radius 3 is 2.37 bits per heavy atom. The molecule has 1 aromatic carbocycles. The number of halogens is 3. The summed E-state index contributed by atoms with van der Waals surface area (Å²) in [6, 6.07) is 1.06. The van der Waals surface area contributed by atoms with Crippen LogP contribution in [0.1, 0.15) is 36.5 Å². The Balaban J connectivity index is 1.98. The van der Waals surface area contributed by atoms with Gasteiger partial charge in [-0.15, -0.1) is 0 Å². The largest absolute Gasteiger partial charge is 0.378 e. The van der Waals surface area contributed by atoms with Crippen molar-refractivity contribution in [3.8, 4) is 0 Å². The van der Waals surface area contributed by atoms with Crippen LogP contribution in [0, 0.1) is 23.4 Å². The maximum Gasteiger partial charge on any atom is 0.169 e. The highest BCUT2D eigenvalue weighted by Gasteiger charge is 2.32. The van der Waals surface area contributed by atoms with Gasteiger partial charge in [-0.05, 0) is 25.7 Å². The van der Waals surface area contributed by atoms with Gasteiger partial charge in [-0.1, -0.05) is 0 Å². The Labute approximate surface area is 109 Å². The second-order valence-corrected chi connectivity index (χ2v) is 4.79. The predicted octanol–water partition coefficient (Wildman–Crippen LogP) is 3.49. The van der Waals surface area contributed by atoms with Gasteiger partial charge in [0.05, 0.1) is 11.7 Å². The van der Waals surface area contributed by atoms with Crippen LogP contribution >= 0.6 is 0 Å². The Morgan fingerprint density at radius 2 is 1.84 bits per heavy atom. The first kappa shape index (κ1) is 14.1. The maximum absolute atomic E-state index is 13.4. The fourth-order valence-corrected chi connectivity index (χ4v) is 2.39. The summed E-state index contributed by atoms with van der Waals surface area (Å²) in [7, 11) is 0. The van der Waals surface area contributed by atoms with Crippen molar-refractivity contribution in [3.63, 3.8) is 0 Å². The highest BCUT2D eigenvalue weighted by Crippen LogP contribution is 2.34. The van der Waals surface area contributed by atoms with Gasteiger partial charge in [0.2, 0.25) is 0 Å². The zero-order valence-electron chi connectivity index (χ0n) is 10.6. The smallest absolute Gasteiger partial charge is 0.169 e. The fourth-order valence-electron chi connectivity index (χ4n) is 2.39. The van der Waals surface area contributed by atoms with Crippen LogP contribution < -0.4 is 0 Å². The molecule has 0 spiro atoms. The number of ether oxygens (including phenoxy) is 1. The van der Waals surface area contributed by atoms with Crippen LogP contribution in [0.15, 0.2) is 12.1 Å². The first-order chi connectivity index (χ1) is 9.01. The van der Waals surface area contributed by atoms with E-state index in [1.165, 1.54) is 0 Å². The van der Waals surface area contributed by atoms with E-state index in [1.807, 2.05) is 6.92 Å².